The molecule has 39 heavy (non-hydrogen) atoms. The van der Waals surface area contributed by atoms with E-state index in [1.807, 2.05) is 18.2 Å². The van der Waals surface area contributed by atoms with Crippen LogP contribution in [-0.2, 0) is 25.7 Å². The Bertz CT molecular complexity index is 1020. The van der Waals surface area contributed by atoms with E-state index in [2.05, 4.69) is 27.8 Å². The molecule has 0 aromatic carbocycles. The number of hydrogen-bond donors (Lipinski definition) is 3. The molecule has 0 radical (unpaired) electrons. The molecular formula is C29H43N5O5. The van der Waals surface area contributed by atoms with Gasteiger partial charge in [0.2, 0.25) is 17.7 Å². The minimum atomic E-state index is -0.771. The second-order valence-corrected chi connectivity index (χ2v) is 11.4. The number of nitrogens with one attached hydrogen (secondary N) is 2. The summed E-state index contributed by atoms with van der Waals surface area (Å²) in [6, 6.07) is 4.24. The topological polar surface area (TPSA) is 144 Å². The van der Waals surface area contributed by atoms with E-state index in [1.165, 1.54) is 4.90 Å². The number of aromatic nitrogens is 1. The molecule has 2 aliphatic rings. The number of nitrogens with two attached hydrogens (primary N) is 1. The van der Waals surface area contributed by atoms with Gasteiger partial charge in [0.15, 0.2) is 0 Å². The second-order valence-electron chi connectivity index (χ2n) is 11.4. The molecule has 0 bridgehead atoms. The van der Waals surface area contributed by atoms with Crippen LogP contribution in [0.1, 0.15) is 77.8 Å². The number of alkyl carbamates (subject to hydrolysis) is 1. The van der Waals surface area contributed by atoms with Crippen molar-refractivity contribution in [3.63, 3.8) is 0 Å². The summed E-state index contributed by atoms with van der Waals surface area (Å²) in [4.78, 5) is 55.4. The molecular weight excluding hydrogens is 498 g/mol. The summed E-state index contributed by atoms with van der Waals surface area (Å²) in [7, 11) is 0. The summed E-state index contributed by atoms with van der Waals surface area (Å²) in [5.41, 5.74) is 5.65. The number of ether oxygens (including phenoxy) is 1. The molecule has 1 aliphatic heterocycles. The molecule has 1 aromatic heterocycles. The van der Waals surface area contributed by atoms with Crippen LogP contribution in [0.2, 0.25) is 0 Å². The van der Waals surface area contributed by atoms with Gasteiger partial charge in [0, 0.05) is 18.7 Å². The van der Waals surface area contributed by atoms with Crippen LogP contribution in [0.5, 0.6) is 0 Å². The Balaban J connectivity index is 1.38. The lowest BCUT2D eigenvalue weighted by atomic mass is 10.0. The molecule has 0 spiro atoms. The molecule has 3 rings (SSSR count). The quantitative estimate of drug-likeness (QED) is 0.258. The average molecular weight is 542 g/mol. The number of carbonyl (C=O) groups is 4. The number of allylic oxidation sites excluding steroid dienone is 2. The maximum Gasteiger partial charge on any atom is 0.408 e. The summed E-state index contributed by atoms with van der Waals surface area (Å²) in [6.45, 7) is 6.18. The van der Waals surface area contributed by atoms with Crippen molar-refractivity contribution in [3.05, 3.63) is 42.2 Å². The fourth-order valence-corrected chi connectivity index (χ4v) is 4.83. The number of amides is 4. The van der Waals surface area contributed by atoms with E-state index in [9.17, 15) is 19.2 Å². The Hall–Kier alpha value is -3.43. The lowest BCUT2D eigenvalue weighted by Crippen LogP contribution is -2.53. The van der Waals surface area contributed by atoms with E-state index >= 15 is 0 Å². The van der Waals surface area contributed by atoms with Gasteiger partial charge in [-0.2, -0.15) is 0 Å². The fraction of sp³-hybridized carbons (Fsp3) is 0.621. The zero-order chi connectivity index (χ0) is 28.4. The van der Waals surface area contributed by atoms with Crippen LogP contribution in [-0.4, -0.2) is 57.9 Å². The van der Waals surface area contributed by atoms with Crippen molar-refractivity contribution in [1.29, 1.82) is 0 Å². The zero-order valence-corrected chi connectivity index (χ0v) is 23.4. The number of rotatable bonds is 13. The van der Waals surface area contributed by atoms with Gasteiger partial charge in [0.1, 0.15) is 17.7 Å². The monoisotopic (exact) mass is 541 g/mol. The summed E-state index contributed by atoms with van der Waals surface area (Å²) in [5, 5.41) is 5.66. The molecule has 1 aromatic rings. The minimum absolute atomic E-state index is 0.0328. The predicted octanol–water partition coefficient (Wildman–Crippen LogP) is 3.21. The standard InChI is InChI=1S/C29H43N5O5/c1-29(2,3)39-28(38)33-23(27(37)34-17-11-15-24(34)25(30)35)14-8-6-4-5-7-12-20-18-22(20)26(36)32-19-21-13-9-10-16-31-21/h7,9-10,12-13,16,20,22-24H,4-6,8,11,14-15,17-19H2,1-3H3,(H2,30,35)(H,32,36)(H,33,38)/b12-7-/t20?,22-,23-,24-/m0/s1. The van der Waals surface area contributed by atoms with Crippen LogP contribution in [0, 0.1) is 11.8 Å². The number of likely N-dealkylation sites (tertiary alicyclic amines) is 1. The highest BCUT2D eigenvalue weighted by molar-refractivity contribution is 5.91. The van der Waals surface area contributed by atoms with Gasteiger partial charge in [0.25, 0.3) is 0 Å². The van der Waals surface area contributed by atoms with E-state index < -0.39 is 29.7 Å². The van der Waals surface area contributed by atoms with Crippen LogP contribution in [0.4, 0.5) is 4.79 Å². The first kappa shape index (κ1) is 30.1. The first-order valence-corrected chi connectivity index (χ1v) is 14.0. The average Bonchev–Trinajstić information content (AvgIpc) is 3.48. The number of carbonyl (C=O) groups excluding carboxylic acids is 4. The molecule has 1 saturated carbocycles. The summed E-state index contributed by atoms with van der Waals surface area (Å²) >= 11 is 0. The van der Waals surface area contributed by atoms with Crippen molar-refractivity contribution in [2.24, 2.45) is 17.6 Å². The molecule has 10 heteroatoms. The molecule has 2 heterocycles. The van der Waals surface area contributed by atoms with Crippen molar-refractivity contribution < 1.29 is 23.9 Å². The van der Waals surface area contributed by atoms with Gasteiger partial charge in [-0.05, 0) is 77.3 Å². The molecule has 214 valence electrons. The largest absolute Gasteiger partial charge is 0.444 e. The maximum atomic E-state index is 13.2. The molecule has 10 nitrogen and oxygen atoms in total. The summed E-state index contributed by atoms with van der Waals surface area (Å²) in [6.07, 6.45) is 11.3. The first-order chi connectivity index (χ1) is 18.5. The normalized spacial score (nSPS) is 21.4. The van der Waals surface area contributed by atoms with Crippen LogP contribution in [0.15, 0.2) is 36.5 Å². The molecule has 1 aliphatic carbocycles. The van der Waals surface area contributed by atoms with E-state index in [1.54, 1.807) is 27.0 Å². The van der Waals surface area contributed by atoms with Crippen LogP contribution < -0.4 is 16.4 Å². The van der Waals surface area contributed by atoms with Crippen molar-refractivity contribution in [2.45, 2.75) is 96.4 Å². The molecule has 4 atom stereocenters. The smallest absolute Gasteiger partial charge is 0.408 e. The number of pyridine rings is 1. The van der Waals surface area contributed by atoms with Gasteiger partial charge in [-0.1, -0.05) is 31.1 Å². The second kappa shape index (κ2) is 14.1. The first-order valence-electron chi connectivity index (χ1n) is 14.0. The zero-order valence-electron chi connectivity index (χ0n) is 23.4. The Morgan fingerprint density at radius 1 is 1.21 bits per heavy atom. The Kier molecular flexibility index (Phi) is 10.9. The molecule has 1 saturated heterocycles. The molecule has 4 N–H and O–H groups in total. The molecule has 1 unspecified atom stereocenters. The van der Waals surface area contributed by atoms with Gasteiger partial charge in [-0.3, -0.25) is 19.4 Å². The minimum Gasteiger partial charge on any atom is -0.444 e. The van der Waals surface area contributed by atoms with E-state index in [0.717, 1.165) is 37.8 Å². The predicted molar refractivity (Wildman–Crippen MR) is 147 cm³/mol. The van der Waals surface area contributed by atoms with Crippen molar-refractivity contribution in [2.75, 3.05) is 6.54 Å². The van der Waals surface area contributed by atoms with Gasteiger partial charge in [-0.15, -0.1) is 0 Å². The summed E-state index contributed by atoms with van der Waals surface area (Å²) in [5.74, 6) is -0.423. The fourth-order valence-electron chi connectivity index (χ4n) is 4.83. The highest BCUT2D eigenvalue weighted by Gasteiger charge is 2.40. The highest BCUT2D eigenvalue weighted by atomic mass is 16.6. The third-order valence-corrected chi connectivity index (χ3v) is 6.95. The van der Waals surface area contributed by atoms with Gasteiger partial charge in [0.05, 0.1) is 12.2 Å². The van der Waals surface area contributed by atoms with E-state index in [0.29, 0.717) is 32.4 Å². The number of primary amides is 1. The number of unbranched alkanes of at least 4 members (excludes halogenated alkanes) is 3. The van der Waals surface area contributed by atoms with Crippen molar-refractivity contribution in [1.82, 2.24) is 20.5 Å². The van der Waals surface area contributed by atoms with Gasteiger partial charge < -0.3 is 26.0 Å². The Labute approximate surface area is 231 Å². The van der Waals surface area contributed by atoms with E-state index in [-0.39, 0.29) is 23.7 Å². The third-order valence-electron chi connectivity index (χ3n) is 6.95. The lowest BCUT2D eigenvalue weighted by molar-refractivity contribution is -0.139. The van der Waals surface area contributed by atoms with Gasteiger partial charge in [-0.25, -0.2) is 4.79 Å². The Morgan fingerprint density at radius 3 is 2.69 bits per heavy atom. The maximum absolute atomic E-state index is 13.2. The van der Waals surface area contributed by atoms with Gasteiger partial charge >= 0.3 is 6.09 Å². The summed E-state index contributed by atoms with van der Waals surface area (Å²) < 4.78 is 5.35. The van der Waals surface area contributed by atoms with Crippen molar-refractivity contribution in [3.8, 4) is 0 Å². The third kappa shape index (κ3) is 10.00. The number of hydrogen-bond acceptors (Lipinski definition) is 6. The van der Waals surface area contributed by atoms with Crippen molar-refractivity contribution >= 4 is 23.8 Å². The lowest BCUT2D eigenvalue weighted by Gasteiger charge is -2.28. The van der Waals surface area contributed by atoms with E-state index in [4.69, 9.17) is 10.5 Å². The Morgan fingerprint density at radius 2 is 2.00 bits per heavy atom. The van der Waals surface area contributed by atoms with Crippen LogP contribution >= 0.6 is 0 Å². The van der Waals surface area contributed by atoms with Crippen LogP contribution in [0.3, 0.4) is 0 Å². The number of nitrogens with zero attached hydrogens (tertiary/aromatic N) is 2. The van der Waals surface area contributed by atoms with Crippen LogP contribution in [0.25, 0.3) is 0 Å². The molecule has 4 amide bonds. The SMILES string of the molecule is CC(C)(C)OC(=O)N[C@@H](CCCCC/C=C\C1C[C@@H]1C(=O)NCc1ccccn1)C(=O)N1CCC[C@H]1C(N)=O. The molecule has 2 fully saturated rings. The highest BCUT2D eigenvalue weighted by Crippen LogP contribution is 2.40.